The van der Waals surface area contributed by atoms with Crippen LogP contribution < -0.4 is 0 Å². The SMILES string of the molecule is O=C(O)c1cc2ccsc2c(Cl)c1I. The van der Waals surface area contributed by atoms with Crippen LogP contribution in [-0.2, 0) is 0 Å². The van der Waals surface area contributed by atoms with Gasteiger partial charge in [-0.2, -0.15) is 0 Å². The van der Waals surface area contributed by atoms with Crippen LogP contribution in [0.1, 0.15) is 10.4 Å². The minimum absolute atomic E-state index is 0.265. The Morgan fingerprint density at radius 1 is 1.57 bits per heavy atom. The van der Waals surface area contributed by atoms with E-state index in [1.54, 1.807) is 6.07 Å². The van der Waals surface area contributed by atoms with Gasteiger partial charge in [0.05, 0.1) is 15.3 Å². The Bertz CT molecular complexity index is 521. The van der Waals surface area contributed by atoms with Crippen LogP contribution in [0, 0.1) is 3.57 Å². The number of thiophene rings is 1. The van der Waals surface area contributed by atoms with Crippen LogP contribution in [0.3, 0.4) is 0 Å². The number of hydrogen-bond donors (Lipinski definition) is 1. The van der Waals surface area contributed by atoms with E-state index in [-0.39, 0.29) is 5.56 Å². The first-order chi connectivity index (χ1) is 6.61. The Kier molecular flexibility index (Phi) is 2.68. The molecule has 0 saturated heterocycles. The minimum Gasteiger partial charge on any atom is -0.478 e. The van der Waals surface area contributed by atoms with Crippen LogP contribution in [0.2, 0.25) is 5.02 Å². The summed E-state index contributed by atoms with van der Waals surface area (Å²) in [5, 5.41) is 12.3. The van der Waals surface area contributed by atoms with Crippen LogP contribution in [0.15, 0.2) is 17.5 Å². The second kappa shape index (κ2) is 3.67. The third kappa shape index (κ3) is 1.51. The van der Waals surface area contributed by atoms with Crippen molar-refractivity contribution in [3.05, 3.63) is 31.7 Å². The molecule has 5 heteroatoms. The van der Waals surface area contributed by atoms with Gasteiger partial charge in [-0.15, -0.1) is 11.3 Å². The summed E-state index contributed by atoms with van der Waals surface area (Å²) in [6, 6.07) is 3.52. The average molecular weight is 339 g/mol. The maximum Gasteiger partial charge on any atom is 0.336 e. The zero-order valence-corrected chi connectivity index (χ0v) is 10.5. The highest BCUT2D eigenvalue weighted by Crippen LogP contribution is 2.34. The Balaban J connectivity index is 2.87. The average Bonchev–Trinajstić information content (AvgIpc) is 2.58. The molecule has 14 heavy (non-hydrogen) atoms. The van der Waals surface area contributed by atoms with E-state index >= 15 is 0 Å². The lowest BCUT2D eigenvalue weighted by Crippen LogP contribution is -1.99. The minimum atomic E-state index is -0.940. The first-order valence-corrected chi connectivity index (χ1v) is 6.03. The number of carboxylic acid groups (broad SMARTS) is 1. The summed E-state index contributed by atoms with van der Waals surface area (Å²) in [5.41, 5.74) is 0.265. The summed E-state index contributed by atoms with van der Waals surface area (Å²) in [6.45, 7) is 0. The summed E-state index contributed by atoms with van der Waals surface area (Å²) >= 11 is 9.53. The number of halogens is 2. The molecule has 0 bridgehead atoms. The highest BCUT2D eigenvalue weighted by Gasteiger charge is 2.15. The molecule has 2 nitrogen and oxygen atoms in total. The van der Waals surface area contributed by atoms with E-state index in [2.05, 4.69) is 0 Å². The molecule has 72 valence electrons. The summed E-state index contributed by atoms with van der Waals surface area (Å²) in [6.07, 6.45) is 0. The van der Waals surface area contributed by atoms with Gasteiger partial charge < -0.3 is 5.11 Å². The van der Waals surface area contributed by atoms with Gasteiger partial charge in [0.1, 0.15) is 0 Å². The van der Waals surface area contributed by atoms with Gasteiger partial charge in [-0.1, -0.05) is 11.6 Å². The fourth-order valence-corrected chi connectivity index (χ4v) is 3.21. The summed E-state index contributed by atoms with van der Waals surface area (Å²) in [4.78, 5) is 10.9. The van der Waals surface area contributed by atoms with E-state index in [9.17, 15) is 4.79 Å². The number of fused-ring (bicyclic) bond motifs is 1. The second-order valence-corrected chi connectivity index (χ2v) is 5.07. The van der Waals surface area contributed by atoms with E-state index in [4.69, 9.17) is 16.7 Å². The number of hydrogen-bond acceptors (Lipinski definition) is 2. The molecule has 0 radical (unpaired) electrons. The van der Waals surface area contributed by atoms with Crippen LogP contribution in [0.25, 0.3) is 10.1 Å². The largest absolute Gasteiger partial charge is 0.478 e. The lowest BCUT2D eigenvalue weighted by Gasteiger charge is -2.02. The quantitative estimate of drug-likeness (QED) is 0.802. The number of carbonyl (C=O) groups is 1. The van der Waals surface area contributed by atoms with Gasteiger partial charge in [0, 0.05) is 3.57 Å². The van der Waals surface area contributed by atoms with Crippen LogP contribution in [0.4, 0.5) is 0 Å². The molecule has 0 aliphatic heterocycles. The summed E-state index contributed by atoms with van der Waals surface area (Å²) in [7, 11) is 0. The molecule has 1 heterocycles. The Labute approximate surface area is 103 Å². The molecule has 1 N–H and O–H groups in total. The number of benzene rings is 1. The first-order valence-electron chi connectivity index (χ1n) is 3.69. The fraction of sp³-hybridized carbons (Fsp3) is 0. The molecule has 0 saturated carbocycles. The van der Waals surface area contributed by atoms with Crippen molar-refractivity contribution in [3.63, 3.8) is 0 Å². The van der Waals surface area contributed by atoms with Gasteiger partial charge in [-0.25, -0.2) is 4.79 Å². The van der Waals surface area contributed by atoms with Gasteiger partial charge in [0.25, 0.3) is 0 Å². The van der Waals surface area contributed by atoms with E-state index in [0.29, 0.717) is 8.59 Å². The maximum atomic E-state index is 10.9. The number of rotatable bonds is 1. The van der Waals surface area contributed by atoms with E-state index in [1.165, 1.54) is 11.3 Å². The van der Waals surface area contributed by atoms with Crippen molar-refractivity contribution in [3.8, 4) is 0 Å². The standard InChI is InChI=1S/C9H4ClIO2S/c10-6-7(11)5(9(12)13)3-4-1-2-14-8(4)6/h1-3H,(H,12,13). The molecule has 0 fully saturated rings. The second-order valence-electron chi connectivity index (χ2n) is 2.70. The third-order valence-corrected chi connectivity index (χ3v) is 4.73. The monoisotopic (exact) mass is 338 g/mol. The maximum absolute atomic E-state index is 10.9. The number of carboxylic acids is 1. The smallest absolute Gasteiger partial charge is 0.336 e. The molecule has 0 aliphatic carbocycles. The molecule has 0 atom stereocenters. The molecule has 0 amide bonds. The van der Waals surface area contributed by atoms with E-state index in [1.807, 2.05) is 34.0 Å². The van der Waals surface area contributed by atoms with E-state index < -0.39 is 5.97 Å². The van der Waals surface area contributed by atoms with Crippen molar-refractivity contribution in [1.82, 2.24) is 0 Å². The van der Waals surface area contributed by atoms with Crippen molar-refractivity contribution in [1.29, 1.82) is 0 Å². The van der Waals surface area contributed by atoms with Crippen LogP contribution >= 0.6 is 45.5 Å². The van der Waals surface area contributed by atoms with Gasteiger partial charge in [-0.05, 0) is 45.5 Å². The van der Waals surface area contributed by atoms with Crippen molar-refractivity contribution in [2.75, 3.05) is 0 Å². The lowest BCUT2D eigenvalue weighted by molar-refractivity contribution is 0.0696. The molecular weight excluding hydrogens is 335 g/mol. The predicted molar refractivity (Wildman–Crippen MR) is 66.5 cm³/mol. The zero-order chi connectivity index (χ0) is 10.3. The Hall–Kier alpha value is -0.330. The lowest BCUT2D eigenvalue weighted by atomic mass is 10.2. The molecule has 0 aliphatic rings. The van der Waals surface area contributed by atoms with Gasteiger partial charge >= 0.3 is 5.97 Å². The van der Waals surface area contributed by atoms with E-state index in [0.717, 1.165) is 10.1 Å². The zero-order valence-electron chi connectivity index (χ0n) is 6.75. The van der Waals surface area contributed by atoms with Crippen LogP contribution in [-0.4, -0.2) is 11.1 Å². The van der Waals surface area contributed by atoms with Crippen molar-refractivity contribution >= 4 is 61.6 Å². The van der Waals surface area contributed by atoms with Crippen molar-refractivity contribution < 1.29 is 9.90 Å². The third-order valence-electron chi connectivity index (χ3n) is 1.85. The summed E-state index contributed by atoms with van der Waals surface area (Å²) in [5.74, 6) is -0.940. The van der Waals surface area contributed by atoms with Gasteiger partial charge in [-0.3, -0.25) is 0 Å². The molecular formula is C9H4ClIO2S. The molecule has 1 aromatic heterocycles. The number of aromatic carboxylic acids is 1. The molecule has 0 spiro atoms. The molecule has 2 aromatic rings. The fourth-order valence-electron chi connectivity index (χ4n) is 1.20. The predicted octanol–water partition coefficient (Wildman–Crippen LogP) is 3.86. The molecule has 1 aromatic carbocycles. The van der Waals surface area contributed by atoms with Gasteiger partial charge in [0.2, 0.25) is 0 Å². The van der Waals surface area contributed by atoms with Crippen molar-refractivity contribution in [2.45, 2.75) is 0 Å². The normalized spacial score (nSPS) is 10.7. The Morgan fingerprint density at radius 2 is 2.29 bits per heavy atom. The first kappa shape index (κ1) is 10.2. The van der Waals surface area contributed by atoms with Crippen molar-refractivity contribution in [2.24, 2.45) is 0 Å². The van der Waals surface area contributed by atoms with Crippen LogP contribution in [0.5, 0.6) is 0 Å². The highest BCUT2D eigenvalue weighted by atomic mass is 127. The molecule has 0 unspecified atom stereocenters. The summed E-state index contributed by atoms with van der Waals surface area (Å²) < 4.78 is 1.55. The Morgan fingerprint density at radius 3 is 2.93 bits per heavy atom. The van der Waals surface area contributed by atoms with Gasteiger partial charge in [0.15, 0.2) is 0 Å². The molecule has 2 rings (SSSR count). The topological polar surface area (TPSA) is 37.3 Å². The highest BCUT2D eigenvalue weighted by molar-refractivity contribution is 14.1.